The second kappa shape index (κ2) is 5.70. The molecule has 0 N–H and O–H groups in total. The van der Waals surface area contributed by atoms with Gasteiger partial charge in [-0.2, -0.15) is 0 Å². The first-order valence-electron chi connectivity index (χ1n) is 6.29. The Morgan fingerprint density at radius 1 is 1.11 bits per heavy atom. The molecule has 2 amide bonds. The molecule has 0 fully saturated rings. The van der Waals surface area contributed by atoms with Gasteiger partial charge in [-0.25, -0.2) is 0 Å². The molecule has 0 unspecified atom stereocenters. The van der Waals surface area contributed by atoms with Crippen LogP contribution in [0.2, 0.25) is 0 Å². The van der Waals surface area contributed by atoms with Gasteiger partial charge in [-0.3, -0.25) is 14.5 Å². The minimum Gasteiger partial charge on any atom is -0.270 e. The van der Waals surface area contributed by atoms with E-state index in [4.69, 9.17) is 0 Å². The molecule has 100 valence electrons. The largest absolute Gasteiger partial charge is 0.270 e. The number of nitrogens with zero attached hydrogens (tertiary/aromatic N) is 1. The van der Waals surface area contributed by atoms with Gasteiger partial charge in [0.15, 0.2) is 0 Å². The van der Waals surface area contributed by atoms with Crippen LogP contribution >= 0.6 is 15.9 Å². The highest BCUT2D eigenvalue weighted by Crippen LogP contribution is 2.30. The highest BCUT2D eigenvalue weighted by molar-refractivity contribution is 9.12. The maximum atomic E-state index is 12.3. The van der Waals surface area contributed by atoms with E-state index in [0.717, 1.165) is 5.56 Å². The quantitative estimate of drug-likeness (QED) is 0.798. The maximum Gasteiger partial charge on any atom is 0.268 e. The van der Waals surface area contributed by atoms with Crippen LogP contribution in [0.5, 0.6) is 0 Å². The molecule has 0 aliphatic carbocycles. The van der Waals surface area contributed by atoms with Crippen LogP contribution in [0.25, 0.3) is 0 Å². The fourth-order valence-electron chi connectivity index (χ4n) is 2.09. The fourth-order valence-corrected chi connectivity index (χ4v) is 2.64. The zero-order chi connectivity index (χ0) is 14.0. The standard InChI is InChI=1S/C15H16BrNO2/c1-10(2)8-12-13(16)15(19)17(14(12)18)9-11-6-4-3-5-7-11/h3-7,10H,8-9H2,1-2H3. The van der Waals surface area contributed by atoms with Gasteiger partial charge in [0.25, 0.3) is 11.8 Å². The van der Waals surface area contributed by atoms with Gasteiger partial charge in [-0.05, 0) is 33.8 Å². The third-order valence-electron chi connectivity index (χ3n) is 3.00. The molecule has 4 heteroatoms. The molecule has 0 saturated carbocycles. The number of rotatable bonds is 4. The summed E-state index contributed by atoms with van der Waals surface area (Å²) in [6.07, 6.45) is 0.621. The topological polar surface area (TPSA) is 37.4 Å². The van der Waals surface area contributed by atoms with Crippen molar-refractivity contribution in [3.05, 3.63) is 46.0 Å². The summed E-state index contributed by atoms with van der Waals surface area (Å²) >= 11 is 3.26. The SMILES string of the molecule is CC(C)CC1=C(Br)C(=O)N(Cc2ccccc2)C1=O. The first kappa shape index (κ1) is 14.0. The van der Waals surface area contributed by atoms with E-state index in [-0.39, 0.29) is 11.8 Å². The smallest absolute Gasteiger partial charge is 0.268 e. The number of amides is 2. The monoisotopic (exact) mass is 321 g/mol. The number of imide groups is 1. The molecule has 0 saturated heterocycles. The third-order valence-corrected chi connectivity index (χ3v) is 3.81. The molecule has 1 aromatic rings. The molecule has 1 aliphatic heterocycles. The predicted octanol–water partition coefficient (Wildman–Crippen LogP) is 3.25. The number of halogens is 1. The molecule has 1 heterocycles. The van der Waals surface area contributed by atoms with Crippen LogP contribution in [-0.2, 0) is 16.1 Å². The van der Waals surface area contributed by atoms with Gasteiger partial charge in [0.2, 0.25) is 0 Å². The first-order chi connectivity index (χ1) is 9.00. The lowest BCUT2D eigenvalue weighted by atomic mass is 10.0. The summed E-state index contributed by atoms with van der Waals surface area (Å²) < 4.78 is 0.419. The van der Waals surface area contributed by atoms with Crippen molar-refractivity contribution in [2.45, 2.75) is 26.8 Å². The van der Waals surface area contributed by atoms with E-state index in [1.54, 1.807) is 0 Å². The molecular weight excluding hydrogens is 306 g/mol. The lowest BCUT2D eigenvalue weighted by Gasteiger charge is -2.15. The van der Waals surface area contributed by atoms with E-state index < -0.39 is 0 Å². The van der Waals surface area contributed by atoms with Crippen LogP contribution in [0.4, 0.5) is 0 Å². The number of hydrogen-bond donors (Lipinski definition) is 0. The molecule has 0 spiro atoms. The van der Waals surface area contributed by atoms with E-state index in [1.807, 2.05) is 44.2 Å². The normalized spacial score (nSPS) is 15.9. The molecular formula is C15H16BrNO2. The van der Waals surface area contributed by atoms with Crippen LogP contribution < -0.4 is 0 Å². The Hall–Kier alpha value is -1.42. The summed E-state index contributed by atoms with van der Waals surface area (Å²) in [5.74, 6) is -0.0603. The van der Waals surface area contributed by atoms with Crippen molar-refractivity contribution in [1.29, 1.82) is 0 Å². The molecule has 3 nitrogen and oxygen atoms in total. The van der Waals surface area contributed by atoms with Crippen LogP contribution in [0.1, 0.15) is 25.8 Å². The lowest BCUT2D eigenvalue weighted by molar-refractivity contribution is -0.138. The zero-order valence-electron chi connectivity index (χ0n) is 11.0. The van der Waals surface area contributed by atoms with E-state index in [1.165, 1.54) is 4.90 Å². The molecule has 0 atom stereocenters. The summed E-state index contributed by atoms with van der Waals surface area (Å²) in [5.41, 5.74) is 1.55. The predicted molar refractivity (Wildman–Crippen MR) is 77.4 cm³/mol. The van der Waals surface area contributed by atoms with Crippen LogP contribution in [0.15, 0.2) is 40.4 Å². The van der Waals surface area contributed by atoms with E-state index in [2.05, 4.69) is 15.9 Å². The van der Waals surface area contributed by atoms with Gasteiger partial charge in [0.05, 0.1) is 11.0 Å². The summed E-state index contributed by atoms with van der Waals surface area (Å²) in [5, 5.41) is 0. The minimum absolute atomic E-state index is 0.172. The minimum atomic E-state index is -0.232. The summed E-state index contributed by atoms with van der Waals surface area (Å²) in [4.78, 5) is 25.7. The highest BCUT2D eigenvalue weighted by Gasteiger charge is 2.36. The van der Waals surface area contributed by atoms with Crippen LogP contribution in [-0.4, -0.2) is 16.7 Å². The van der Waals surface area contributed by atoms with Crippen LogP contribution in [0, 0.1) is 5.92 Å². The van der Waals surface area contributed by atoms with Crippen molar-refractivity contribution in [2.24, 2.45) is 5.92 Å². The Morgan fingerprint density at radius 2 is 1.74 bits per heavy atom. The summed E-state index contributed by atoms with van der Waals surface area (Å²) in [6.45, 7) is 4.39. The Bertz CT molecular complexity index is 534. The highest BCUT2D eigenvalue weighted by atomic mass is 79.9. The van der Waals surface area contributed by atoms with Crippen molar-refractivity contribution < 1.29 is 9.59 Å². The van der Waals surface area contributed by atoms with Crippen LogP contribution in [0.3, 0.4) is 0 Å². The second-order valence-electron chi connectivity index (χ2n) is 5.07. The molecule has 0 radical (unpaired) electrons. The van der Waals surface area contributed by atoms with Gasteiger partial charge in [0.1, 0.15) is 0 Å². The Morgan fingerprint density at radius 3 is 2.32 bits per heavy atom. The first-order valence-corrected chi connectivity index (χ1v) is 7.08. The van der Waals surface area contributed by atoms with Gasteiger partial charge in [-0.15, -0.1) is 0 Å². The molecule has 2 rings (SSSR count). The summed E-state index contributed by atoms with van der Waals surface area (Å²) in [7, 11) is 0. The van der Waals surface area contributed by atoms with Crippen molar-refractivity contribution >= 4 is 27.7 Å². The van der Waals surface area contributed by atoms with Gasteiger partial charge in [-0.1, -0.05) is 44.2 Å². The molecule has 1 aromatic carbocycles. The fraction of sp³-hybridized carbons (Fsp3) is 0.333. The average Bonchev–Trinajstić information content (AvgIpc) is 2.57. The van der Waals surface area contributed by atoms with Crippen molar-refractivity contribution in [3.8, 4) is 0 Å². The number of carbonyl (C=O) groups excluding carboxylic acids is 2. The average molecular weight is 322 g/mol. The van der Waals surface area contributed by atoms with E-state index in [0.29, 0.717) is 28.9 Å². The summed E-state index contributed by atoms with van der Waals surface area (Å²) in [6, 6.07) is 9.54. The lowest BCUT2D eigenvalue weighted by Crippen LogP contribution is -2.31. The Kier molecular flexibility index (Phi) is 4.20. The number of carbonyl (C=O) groups is 2. The Balaban J connectivity index is 2.18. The van der Waals surface area contributed by atoms with E-state index >= 15 is 0 Å². The van der Waals surface area contributed by atoms with Gasteiger partial charge < -0.3 is 0 Å². The second-order valence-corrected chi connectivity index (χ2v) is 5.87. The number of hydrogen-bond acceptors (Lipinski definition) is 2. The third kappa shape index (κ3) is 2.95. The molecule has 1 aliphatic rings. The van der Waals surface area contributed by atoms with Crippen molar-refractivity contribution in [3.63, 3.8) is 0 Å². The maximum absolute atomic E-state index is 12.3. The van der Waals surface area contributed by atoms with Crippen molar-refractivity contribution in [2.75, 3.05) is 0 Å². The Labute approximate surface area is 121 Å². The molecule has 19 heavy (non-hydrogen) atoms. The van der Waals surface area contributed by atoms with E-state index in [9.17, 15) is 9.59 Å². The zero-order valence-corrected chi connectivity index (χ0v) is 12.6. The van der Waals surface area contributed by atoms with Gasteiger partial charge in [0, 0.05) is 5.57 Å². The van der Waals surface area contributed by atoms with Crippen molar-refractivity contribution in [1.82, 2.24) is 4.90 Å². The molecule has 0 aromatic heterocycles. The number of benzene rings is 1. The van der Waals surface area contributed by atoms with Gasteiger partial charge >= 0.3 is 0 Å². The molecule has 0 bridgehead atoms.